The number of carbonyl (C=O) groups excluding carboxylic acids is 2. The van der Waals surface area contributed by atoms with E-state index < -0.39 is 23.6 Å². The molecule has 3 N–H and O–H groups in total. The zero-order chi connectivity index (χ0) is 18.0. The van der Waals surface area contributed by atoms with Gasteiger partial charge in [0.2, 0.25) is 5.91 Å². The molecule has 7 heteroatoms. The molecule has 0 aliphatic heterocycles. The number of carbonyl (C=O) groups is 2. The normalized spacial score (nSPS) is 13.4. The van der Waals surface area contributed by atoms with Crippen molar-refractivity contribution in [3.8, 4) is 0 Å². The maximum absolute atomic E-state index is 13.9. The third kappa shape index (κ3) is 3.93. The van der Waals surface area contributed by atoms with Crippen LogP contribution >= 0.6 is 0 Å². The van der Waals surface area contributed by atoms with Gasteiger partial charge in [-0.3, -0.25) is 4.79 Å². The smallest absolute Gasteiger partial charge is 0.322 e. The first-order valence-corrected chi connectivity index (χ1v) is 7.86. The van der Waals surface area contributed by atoms with Crippen molar-refractivity contribution in [2.24, 2.45) is 5.73 Å². The van der Waals surface area contributed by atoms with Crippen LogP contribution in [0.3, 0.4) is 0 Å². The fourth-order valence-electron chi connectivity index (χ4n) is 2.55. The van der Waals surface area contributed by atoms with Crippen molar-refractivity contribution in [1.82, 2.24) is 4.90 Å². The van der Waals surface area contributed by atoms with Gasteiger partial charge < -0.3 is 16.0 Å². The van der Waals surface area contributed by atoms with Crippen molar-refractivity contribution in [2.45, 2.75) is 25.4 Å². The predicted molar refractivity (Wildman–Crippen MR) is 88.9 cm³/mol. The quantitative estimate of drug-likeness (QED) is 0.873. The molecule has 0 bridgehead atoms. The molecular weight excluding hydrogens is 328 g/mol. The van der Waals surface area contributed by atoms with E-state index in [9.17, 15) is 18.4 Å². The van der Waals surface area contributed by atoms with Crippen LogP contribution in [0.25, 0.3) is 0 Å². The Labute approximate surface area is 143 Å². The zero-order valence-corrected chi connectivity index (χ0v) is 13.3. The number of hydrogen-bond donors (Lipinski definition) is 2. The van der Waals surface area contributed by atoms with E-state index in [1.165, 1.54) is 23.1 Å². The number of nitrogens with one attached hydrogen (secondary N) is 1. The average molecular weight is 345 g/mol. The number of nitrogens with two attached hydrogens (primary N) is 1. The number of benzene rings is 2. The third-order valence-corrected chi connectivity index (χ3v) is 4.04. The van der Waals surface area contributed by atoms with Crippen LogP contribution in [0.15, 0.2) is 42.5 Å². The molecule has 0 spiro atoms. The summed E-state index contributed by atoms with van der Waals surface area (Å²) in [7, 11) is 0. The Balaban J connectivity index is 1.78. The van der Waals surface area contributed by atoms with Gasteiger partial charge in [0, 0.05) is 22.9 Å². The number of rotatable bonds is 5. The lowest BCUT2D eigenvalue weighted by Gasteiger charge is -2.23. The summed E-state index contributed by atoms with van der Waals surface area (Å²) >= 11 is 0. The van der Waals surface area contributed by atoms with Crippen molar-refractivity contribution in [3.63, 3.8) is 0 Å². The third-order valence-electron chi connectivity index (χ3n) is 4.04. The second-order valence-electron chi connectivity index (χ2n) is 5.93. The van der Waals surface area contributed by atoms with Gasteiger partial charge in [0.15, 0.2) is 0 Å². The molecule has 1 aliphatic rings. The van der Waals surface area contributed by atoms with Gasteiger partial charge in [-0.15, -0.1) is 0 Å². The van der Waals surface area contributed by atoms with E-state index in [4.69, 9.17) is 5.73 Å². The van der Waals surface area contributed by atoms with Crippen LogP contribution in [0.4, 0.5) is 19.3 Å². The van der Waals surface area contributed by atoms with Crippen molar-refractivity contribution in [1.29, 1.82) is 0 Å². The van der Waals surface area contributed by atoms with Gasteiger partial charge in [0.25, 0.3) is 0 Å². The molecule has 2 aromatic carbocycles. The van der Waals surface area contributed by atoms with E-state index in [-0.39, 0.29) is 23.7 Å². The molecule has 3 amide bonds. The molecule has 0 heterocycles. The predicted octanol–water partition coefficient (Wildman–Crippen LogP) is 3.26. The monoisotopic (exact) mass is 345 g/mol. The van der Waals surface area contributed by atoms with Crippen LogP contribution in [0.2, 0.25) is 0 Å². The first-order chi connectivity index (χ1) is 12.0. The molecule has 1 fully saturated rings. The second kappa shape index (κ2) is 6.88. The Morgan fingerprint density at radius 3 is 2.36 bits per heavy atom. The first kappa shape index (κ1) is 16.9. The van der Waals surface area contributed by atoms with Gasteiger partial charge in [-0.1, -0.05) is 12.1 Å². The zero-order valence-electron chi connectivity index (χ0n) is 13.3. The van der Waals surface area contributed by atoms with Crippen LogP contribution in [0.1, 0.15) is 28.8 Å². The Kier molecular flexibility index (Phi) is 4.65. The number of amides is 3. The summed E-state index contributed by atoms with van der Waals surface area (Å²) in [5.74, 6) is -1.98. The highest BCUT2D eigenvalue weighted by Crippen LogP contribution is 2.30. The minimum absolute atomic E-state index is 0.0571. The fourth-order valence-corrected chi connectivity index (χ4v) is 2.55. The Morgan fingerprint density at radius 2 is 1.76 bits per heavy atom. The number of nitrogens with zero attached hydrogens (tertiary/aromatic N) is 1. The standard InChI is InChI=1S/C18H17F2N3O2/c19-15-5-2-6-16(20)14(15)10-23(13-7-8-13)18(25)22-12-4-1-3-11(9-12)17(21)24/h1-6,9,13H,7-8,10H2,(H2,21,24)(H,22,25). The first-order valence-electron chi connectivity index (χ1n) is 7.86. The number of halogens is 2. The maximum atomic E-state index is 13.9. The van der Waals surface area contributed by atoms with Crippen molar-refractivity contribution < 1.29 is 18.4 Å². The molecule has 0 saturated heterocycles. The summed E-state index contributed by atoms with van der Waals surface area (Å²) in [6.07, 6.45) is 1.57. The average Bonchev–Trinajstić information content (AvgIpc) is 3.39. The molecule has 0 aromatic heterocycles. The Bertz CT molecular complexity index is 801. The molecule has 25 heavy (non-hydrogen) atoms. The Morgan fingerprint density at radius 1 is 1.12 bits per heavy atom. The van der Waals surface area contributed by atoms with Gasteiger partial charge in [-0.05, 0) is 43.2 Å². The molecule has 1 saturated carbocycles. The largest absolute Gasteiger partial charge is 0.366 e. The van der Waals surface area contributed by atoms with Gasteiger partial charge in [-0.2, -0.15) is 0 Å². The van der Waals surface area contributed by atoms with E-state index in [1.807, 2.05) is 0 Å². The summed E-state index contributed by atoms with van der Waals surface area (Å²) in [5.41, 5.74) is 5.73. The Hall–Kier alpha value is -2.96. The van der Waals surface area contributed by atoms with Crippen LogP contribution in [0, 0.1) is 11.6 Å². The highest BCUT2D eigenvalue weighted by atomic mass is 19.1. The summed E-state index contributed by atoms with van der Waals surface area (Å²) in [4.78, 5) is 25.2. The maximum Gasteiger partial charge on any atom is 0.322 e. The molecule has 1 aliphatic carbocycles. The van der Waals surface area contributed by atoms with Gasteiger partial charge in [0.1, 0.15) is 11.6 Å². The van der Waals surface area contributed by atoms with E-state index in [1.54, 1.807) is 12.1 Å². The molecule has 0 atom stereocenters. The van der Waals surface area contributed by atoms with Gasteiger partial charge in [0.05, 0.1) is 6.54 Å². The van der Waals surface area contributed by atoms with Crippen LogP contribution < -0.4 is 11.1 Å². The molecule has 0 radical (unpaired) electrons. The van der Waals surface area contributed by atoms with E-state index >= 15 is 0 Å². The highest BCUT2D eigenvalue weighted by Gasteiger charge is 2.33. The van der Waals surface area contributed by atoms with E-state index in [0.717, 1.165) is 25.0 Å². The topological polar surface area (TPSA) is 75.4 Å². The number of anilines is 1. The van der Waals surface area contributed by atoms with Gasteiger partial charge in [-0.25, -0.2) is 13.6 Å². The summed E-state index contributed by atoms with van der Waals surface area (Å²) < 4.78 is 27.8. The summed E-state index contributed by atoms with van der Waals surface area (Å²) in [6.45, 7) is -0.162. The molecule has 2 aromatic rings. The van der Waals surface area contributed by atoms with Crippen molar-refractivity contribution in [3.05, 3.63) is 65.2 Å². The molecular formula is C18H17F2N3O2. The van der Waals surface area contributed by atoms with Crippen LogP contribution in [-0.4, -0.2) is 22.9 Å². The summed E-state index contributed by atoms with van der Waals surface area (Å²) in [5, 5.41) is 2.65. The lowest BCUT2D eigenvalue weighted by molar-refractivity contribution is 0.1000. The molecule has 0 unspecified atom stereocenters. The molecule has 130 valence electrons. The van der Waals surface area contributed by atoms with E-state index in [2.05, 4.69) is 5.32 Å². The second-order valence-corrected chi connectivity index (χ2v) is 5.93. The minimum Gasteiger partial charge on any atom is -0.366 e. The number of primary amides is 1. The molecule has 5 nitrogen and oxygen atoms in total. The van der Waals surface area contributed by atoms with Crippen LogP contribution in [-0.2, 0) is 6.54 Å². The number of hydrogen-bond acceptors (Lipinski definition) is 2. The number of urea groups is 1. The lowest BCUT2D eigenvalue weighted by atomic mass is 10.2. The fraction of sp³-hybridized carbons (Fsp3) is 0.222. The minimum atomic E-state index is -0.686. The SMILES string of the molecule is NC(=O)c1cccc(NC(=O)N(Cc2c(F)cccc2F)C2CC2)c1. The highest BCUT2D eigenvalue weighted by molar-refractivity contribution is 5.96. The van der Waals surface area contributed by atoms with Crippen LogP contribution in [0.5, 0.6) is 0 Å². The molecule has 3 rings (SSSR count). The van der Waals surface area contributed by atoms with Crippen molar-refractivity contribution in [2.75, 3.05) is 5.32 Å². The lowest BCUT2D eigenvalue weighted by Crippen LogP contribution is -2.36. The van der Waals surface area contributed by atoms with Gasteiger partial charge >= 0.3 is 6.03 Å². The van der Waals surface area contributed by atoms with E-state index in [0.29, 0.717) is 5.69 Å². The summed E-state index contributed by atoms with van der Waals surface area (Å²) in [6, 6.07) is 9.26. The van der Waals surface area contributed by atoms with Crippen molar-refractivity contribution >= 4 is 17.6 Å².